The Morgan fingerprint density at radius 3 is 2.88 bits per heavy atom. The van der Waals surface area contributed by atoms with Gasteiger partial charge in [0.05, 0.1) is 17.2 Å². The van der Waals surface area contributed by atoms with Gasteiger partial charge in [0.1, 0.15) is 0 Å². The Labute approximate surface area is 148 Å². The van der Waals surface area contributed by atoms with Gasteiger partial charge in [0, 0.05) is 36.7 Å². The zero-order valence-corrected chi connectivity index (χ0v) is 14.9. The van der Waals surface area contributed by atoms with Gasteiger partial charge in [-0.2, -0.15) is 10.2 Å². The van der Waals surface area contributed by atoms with Crippen molar-refractivity contribution in [2.24, 2.45) is 0 Å². The number of halogens is 1. The lowest BCUT2D eigenvalue weighted by atomic mass is 10.2. The lowest BCUT2D eigenvalue weighted by Crippen LogP contribution is -2.15. The van der Waals surface area contributed by atoms with Crippen LogP contribution in [-0.4, -0.2) is 25.5 Å². The summed E-state index contributed by atoms with van der Waals surface area (Å²) in [6.07, 6.45) is 5.80. The van der Waals surface area contributed by atoms with Crippen molar-refractivity contribution in [3.63, 3.8) is 0 Å². The van der Waals surface area contributed by atoms with E-state index in [1.165, 1.54) is 0 Å². The summed E-state index contributed by atoms with van der Waals surface area (Å²) in [4.78, 5) is 12.1. The van der Waals surface area contributed by atoms with Crippen LogP contribution in [0.25, 0.3) is 0 Å². The van der Waals surface area contributed by atoms with Crippen LogP contribution >= 0.6 is 15.9 Å². The SMILES string of the molecule is Cc1ccnn1CCC(=O)Nc1cccc(Cn2cc(Br)cn2)c1. The molecule has 0 bridgehead atoms. The smallest absolute Gasteiger partial charge is 0.226 e. The number of aromatic nitrogens is 4. The summed E-state index contributed by atoms with van der Waals surface area (Å²) in [5.41, 5.74) is 2.92. The summed E-state index contributed by atoms with van der Waals surface area (Å²) in [6, 6.07) is 9.72. The number of rotatable bonds is 6. The highest BCUT2D eigenvalue weighted by molar-refractivity contribution is 9.10. The average molecular weight is 388 g/mol. The summed E-state index contributed by atoms with van der Waals surface area (Å²) < 4.78 is 4.61. The highest BCUT2D eigenvalue weighted by atomic mass is 79.9. The van der Waals surface area contributed by atoms with Gasteiger partial charge in [0.2, 0.25) is 5.91 Å². The van der Waals surface area contributed by atoms with Crippen LogP contribution in [0.2, 0.25) is 0 Å². The minimum absolute atomic E-state index is 0.0242. The molecule has 1 N–H and O–H groups in total. The molecule has 3 rings (SSSR count). The summed E-state index contributed by atoms with van der Waals surface area (Å²) >= 11 is 3.38. The molecule has 0 spiro atoms. The number of nitrogens with zero attached hydrogens (tertiary/aromatic N) is 4. The number of anilines is 1. The molecule has 3 aromatic rings. The number of hydrogen-bond donors (Lipinski definition) is 1. The minimum atomic E-state index is -0.0242. The van der Waals surface area contributed by atoms with Gasteiger partial charge in [0.15, 0.2) is 0 Å². The first-order valence-corrected chi connectivity index (χ1v) is 8.44. The summed E-state index contributed by atoms with van der Waals surface area (Å²) in [5.74, 6) is -0.0242. The van der Waals surface area contributed by atoms with E-state index in [1.807, 2.05) is 52.8 Å². The predicted molar refractivity (Wildman–Crippen MR) is 95.7 cm³/mol. The standard InChI is InChI=1S/C17H18BrN5O/c1-13-5-7-19-23(13)8-6-17(24)21-16-4-2-3-14(9-16)11-22-12-15(18)10-20-22/h2-5,7,9-10,12H,6,8,11H2,1H3,(H,21,24). The number of nitrogens with one attached hydrogen (secondary N) is 1. The van der Waals surface area contributed by atoms with E-state index in [0.29, 0.717) is 19.5 Å². The minimum Gasteiger partial charge on any atom is -0.326 e. The Balaban J connectivity index is 1.57. The Kier molecular flexibility index (Phi) is 5.10. The summed E-state index contributed by atoms with van der Waals surface area (Å²) in [5, 5.41) is 11.4. The molecule has 124 valence electrons. The van der Waals surface area contributed by atoms with Crippen molar-refractivity contribution in [3.05, 3.63) is 64.7 Å². The molecule has 0 aliphatic heterocycles. The average Bonchev–Trinajstić information content (AvgIpc) is 3.14. The molecule has 2 heterocycles. The van der Waals surface area contributed by atoms with Gasteiger partial charge in [-0.3, -0.25) is 14.2 Å². The molecule has 24 heavy (non-hydrogen) atoms. The number of amides is 1. The Bertz CT molecular complexity index is 839. The molecule has 0 saturated carbocycles. The fourth-order valence-corrected chi connectivity index (χ4v) is 2.75. The Morgan fingerprint density at radius 2 is 2.17 bits per heavy atom. The quantitative estimate of drug-likeness (QED) is 0.705. The molecule has 6 nitrogen and oxygen atoms in total. The topological polar surface area (TPSA) is 64.7 Å². The molecule has 0 radical (unpaired) electrons. The van der Waals surface area contributed by atoms with Gasteiger partial charge >= 0.3 is 0 Å². The third kappa shape index (κ3) is 4.32. The monoisotopic (exact) mass is 387 g/mol. The predicted octanol–water partition coefficient (Wildman–Crippen LogP) is 3.23. The highest BCUT2D eigenvalue weighted by Crippen LogP contribution is 2.14. The molecule has 0 aliphatic rings. The normalized spacial score (nSPS) is 10.8. The van der Waals surface area contributed by atoms with Crippen molar-refractivity contribution >= 4 is 27.5 Å². The maximum atomic E-state index is 12.1. The molecular formula is C17H18BrN5O. The largest absolute Gasteiger partial charge is 0.326 e. The van der Waals surface area contributed by atoms with Crippen LogP contribution in [-0.2, 0) is 17.9 Å². The van der Waals surface area contributed by atoms with Gasteiger partial charge < -0.3 is 5.32 Å². The van der Waals surface area contributed by atoms with E-state index in [-0.39, 0.29) is 5.91 Å². The van der Waals surface area contributed by atoms with E-state index in [4.69, 9.17) is 0 Å². The van der Waals surface area contributed by atoms with Crippen LogP contribution in [0.5, 0.6) is 0 Å². The molecule has 0 saturated heterocycles. The van der Waals surface area contributed by atoms with Crippen LogP contribution in [0.4, 0.5) is 5.69 Å². The fourth-order valence-electron chi connectivity index (χ4n) is 2.42. The molecule has 0 atom stereocenters. The van der Waals surface area contributed by atoms with Crippen LogP contribution in [0.15, 0.2) is 53.4 Å². The molecule has 0 fully saturated rings. The second-order valence-corrected chi connectivity index (χ2v) is 6.47. The van der Waals surface area contributed by atoms with Crippen molar-refractivity contribution in [2.45, 2.75) is 26.4 Å². The van der Waals surface area contributed by atoms with E-state index in [2.05, 4.69) is 31.4 Å². The van der Waals surface area contributed by atoms with Crippen molar-refractivity contribution in [1.82, 2.24) is 19.6 Å². The number of benzene rings is 1. The van der Waals surface area contributed by atoms with Crippen molar-refractivity contribution in [1.29, 1.82) is 0 Å². The third-order valence-corrected chi connectivity index (χ3v) is 4.05. The van der Waals surface area contributed by atoms with E-state index >= 15 is 0 Å². The van der Waals surface area contributed by atoms with Gasteiger partial charge in [-0.05, 0) is 46.6 Å². The van der Waals surface area contributed by atoms with E-state index in [1.54, 1.807) is 12.4 Å². The van der Waals surface area contributed by atoms with Crippen LogP contribution < -0.4 is 5.32 Å². The van der Waals surface area contributed by atoms with Crippen molar-refractivity contribution < 1.29 is 4.79 Å². The molecular weight excluding hydrogens is 370 g/mol. The maximum Gasteiger partial charge on any atom is 0.226 e. The fraction of sp³-hybridized carbons (Fsp3) is 0.235. The Hall–Kier alpha value is -2.41. The van der Waals surface area contributed by atoms with Gasteiger partial charge in [-0.15, -0.1) is 0 Å². The van der Waals surface area contributed by atoms with Crippen molar-refractivity contribution in [2.75, 3.05) is 5.32 Å². The molecule has 1 amide bonds. The zero-order valence-electron chi connectivity index (χ0n) is 13.3. The van der Waals surface area contributed by atoms with Crippen molar-refractivity contribution in [3.8, 4) is 0 Å². The van der Waals surface area contributed by atoms with Gasteiger partial charge in [-0.1, -0.05) is 12.1 Å². The lowest BCUT2D eigenvalue weighted by molar-refractivity contribution is -0.116. The molecule has 0 aliphatic carbocycles. The number of aryl methyl sites for hydroxylation is 2. The third-order valence-electron chi connectivity index (χ3n) is 3.64. The van der Waals surface area contributed by atoms with Crippen LogP contribution in [0.1, 0.15) is 17.7 Å². The molecule has 0 unspecified atom stereocenters. The molecule has 1 aromatic carbocycles. The molecule has 7 heteroatoms. The van der Waals surface area contributed by atoms with Gasteiger partial charge in [0.25, 0.3) is 0 Å². The first-order chi connectivity index (χ1) is 11.6. The summed E-state index contributed by atoms with van der Waals surface area (Å²) in [7, 11) is 0. The van der Waals surface area contributed by atoms with E-state index in [0.717, 1.165) is 21.4 Å². The molecule has 2 aromatic heterocycles. The second kappa shape index (κ2) is 7.44. The number of carbonyl (C=O) groups is 1. The first-order valence-electron chi connectivity index (χ1n) is 7.65. The Morgan fingerprint density at radius 1 is 1.29 bits per heavy atom. The highest BCUT2D eigenvalue weighted by Gasteiger charge is 2.06. The second-order valence-electron chi connectivity index (χ2n) is 5.55. The maximum absolute atomic E-state index is 12.1. The zero-order chi connectivity index (χ0) is 16.9. The summed E-state index contributed by atoms with van der Waals surface area (Å²) in [6.45, 7) is 3.20. The number of hydrogen-bond acceptors (Lipinski definition) is 3. The van der Waals surface area contributed by atoms with Crippen LogP contribution in [0.3, 0.4) is 0 Å². The number of carbonyl (C=O) groups excluding carboxylic acids is 1. The van der Waals surface area contributed by atoms with Gasteiger partial charge in [-0.25, -0.2) is 0 Å². The lowest BCUT2D eigenvalue weighted by Gasteiger charge is -2.08. The first kappa shape index (κ1) is 16.4. The van der Waals surface area contributed by atoms with E-state index in [9.17, 15) is 4.79 Å². The van der Waals surface area contributed by atoms with E-state index < -0.39 is 0 Å². The van der Waals surface area contributed by atoms with Crippen LogP contribution in [0, 0.1) is 6.92 Å².